The number of carbonyl (C=O) groups is 2. The van der Waals surface area contributed by atoms with Gasteiger partial charge in [0.05, 0.1) is 13.2 Å². The van der Waals surface area contributed by atoms with Gasteiger partial charge in [-0.15, -0.1) is 0 Å². The molecule has 0 aliphatic carbocycles. The van der Waals surface area contributed by atoms with E-state index in [1.54, 1.807) is 13.8 Å². The minimum atomic E-state index is -6.27. The Hall–Kier alpha value is 3.16. The summed E-state index contributed by atoms with van der Waals surface area (Å²) in [5.41, 5.74) is 0. The Morgan fingerprint density at radius 3 is 1.10 bits per heavy atom. The van der Waals surface area contributed by atoms with Crippen molar-refractivity contribution in [1.29, 1.82) is 0 Å². The minimum absolute atomic E-state index is 0. The summed E-state index contributed by atoms with van der Waals surface area (Å²) in [7, 11) is -12.5. The zero-order valence-corrected chi connectivity index (χ0v) is 16.1. The second-order valence-electron chi connectivity index (χ2n) is 5.41. The Labute approximate surface area is 263 Å². The number of carbonyl (C=O) groups excluding carboxylic acids is 2. The van der Waals surface area contributed by atoms with E-state index in [4.69, 9.17) is 0 Å². The Bertz CT molecular complexity index is 560. The quantitative estimate of drug-likeness (QED) is 0.0692. The van der Waals surface area contributed by atoms with Crippen molar-refractivity contribution < 1.29 is 58.0 Å². The van der Waals surface area contributed by atoms with Crippen LogP contribution in [0.15, 0.2) is 0 Å². The van der Waals surface area contributed by atoms with E-state index in [1.165, 1.54) is 0 Å². The van der Waals surface area contributed by atoms with Crippen LogP contribution in [0.3, 0.4) is 0 Å². The van der Waals surface area contributed by atoms with E-state index < -0.39 is 51.0 Å². The van der Waals surface area contributed by atoms with E-state index in [0.717, 1.165) is 0 Å². The molecule has 0 fully saturated rings. The van der Waals surface area contributed by atoms with E-state index in [0.29, 0.717) is 12.8 Å². The fourth-order valence-corrected chi connectivity index (χ4v) is 4.13. The molecule has 30 heavy (non-hydrogen) atoms. The van der Waals surface area contributed by atoms with Gasteiger partial charge in [-0.3, -0.25) is 9.13 Å². The maximum atomic E-state index is 12.0. The van der Waals surface area contributed by atoms with Crippen LogP contribution >= 0.6 is 15.2 Å². The van der Waals surface area contributed by atoms with E-state index in [1.807, 2.05) is 0 Å². The van der Waals surface area contributed by atoms with Gasteiger partial charge in [0.2, 0.25) is 0 Å². The summed E-state index contributed by atoms with van der Waals surface area (Å²) in [6, 6.07) is 0. The van der Waals surface area contributed by atoms with Gasteiger partial charge in [0, 0.05) is 0 Å². The molecule has 162 valence electrons. The number of esters is 2. The number of rotatable bonds is 11. The summed E-state index contributed by atoms with van der Waals surface area (Å²) < 4.78 is 32.2. The third-order valence-electron chi connectivity index (χ3n) is 3.36. The van der Waals surface area contributed by atoms with Crippen LogP contribution in [-0.2, 0) is 28.2 Å². The molecule has 0 amide bonds. The Balaban J connectivity index is -0.000000521. The topological polar surface area (TPSA) is 208 Å². The molecule has 0 saturated heterocycles. The van der Waals surface area contributed by atoms with Crippen molar-refractivity contribution in [3.8, 4) is 0 Å². The molecule has 18 heteroatoms. The van der Waals surface area contributed by atoms with Gasteiger partial charge in [0.1, 0.15) is 0 Å². The van der Waals surface area contributed by atoms with Crippen LogP contribution in [0.1, 0.15) is 39.5 Å². The Morgan fingerprint density at radius 1 is 0.700 bits per heavy atom. The molecule has 2 atom stereocenters. The van der Waals surface area contributed by atoms with Crippen molar-refractivity contribution in [2.24, 2.45) is 0 Å². The summed E-state index contributed by atoms with van der Waals surface area (Å²) in [6.45, 7) is 2.36. The van der Waals surface area contributed by atoms with Crippen molar-refractivity contribution in [1.82, 2.24) is 0 Å². The summed E-state index contributed by atoms with van der Waals surface area (Å²) in [4.78, 5) is 61.4. The summed E-state index contributed by atoms with van der Waals surface area (Å²) in [5, 5.41) is 11.3. The maximum absolute atomic E-state index is 12.0. The summed E-state index contributed by atoms with van der Waals surface area (Å²) in [5.74, 6) is -4.53. The van der Waals surface area contributed by atoms with Gasteiger partial charge in [-0.05, 0) is 12.8 Å². The molecule has 2 unspecified atom stereocenters. The number of unbranched alkanes of at least 4 members (excludes halogenated alkanes) is 2. The van der Waals surface area contributed by atoms with Gasteiger partial charge in [-0.25, -0.2) is 9.59 Å². The normalized spacial score (nSPS) is 14.8. The van der Waals surface area contributed by atoms with Crippen LogP contribution in [-0.4, -0.2) is 184 Å². The molecule has 0 aromatic heterocycles. The molecule has 0 heterocycles. The SMILES string of the molecule is CCCCOC(=O)C(O)(C(O)(C(=O)OCCCC)P(=O)(O)O)P(=O)(O)O.[NaH].[NaH].[NaH].[NaH]. The van der Waals surface area contributed by atoms with E-state index in [9.17, 15) is 48.5 Å². The van der Waals surface area contributed by atoms with Gasteiger partial charge in [0.15, 0.2) is 0 Å². The van der Waals surface area contributed by atoms with Gasteiger partial charge in [0.25, 0.3) is 0 Å². The third kappa shape index (κ3) is 10.4. The van der Waals surface area contributed by atoms with Crippen LogP contribution in [0.2, 0.25) is 0 Å². The Morgan fingerprint density at radius 2 is 0.933 bits per heavy atom. The number of hydrogen-bond donors (Lipinski definition) is 6. The van der Waals surface area contributed by atoms with E-state index >= 15 is 0 Å². The first-order valence-corrected chi connectivity index (χ1v) is 10.8. The number of hydrogen-bond acceptors (Lipinski definition) is 8. The second-order valence-corrected chi connectivity index (χ2v) is 8.88. The molecule has 0 aromatic rings. The monoisotopic (exact) mass is 518 g/mol. The van der Waals surface area contributed by atoms with Crippen molar-refractivity contribution in [3.05, 3.63) is 0 Å². The molecule has 0 radical (unpaired) electrons. The molecule has 0 saturated carbocycles. The average Bonchev–Trinajstić information content (AvgIpc) is 2.51. The predicted molar refractivity (Wildman–Crippen MR) is 114 cm³/mol. The second kappa shape index (κ2) is 18.4. The standard InChI is InChI=1S/C12H24O12P2.4Na.4H/c1-3-5-7-23-9(13)11(15,25(17,18)19)12(16,26(20,21)22)10(14)24-8-6-4-2;;;;;;;;/h15-16H,3-8H2,1-2H3,(H2,17,18,19)(H2,20,21,22);;;;;;;;. The number of aliphatic hydroxyl groups is 2. The molecule has 0 aliphatic heterocycles. The molecule has 0 spiro atoms. The first-order valence-electron chi connectivity index (χ1n) is 7.62. The summed E-state index contributed by atoms with van der Waals surface area (Å²) in [6.07, 6.45) is 1.28. The molecule has 6 N–H and O–H groups in total. The molecule has 0 aromatic carbocycles. The summed E-state index contributed by atoms with van der Waals surface area (Å²) >= 11 is 0. The van der Waals surface area contributed by atoms with Crippen LogP contribution < -0.4 is 0 Å². The third-order valence-corrected chi connectivity index (χ3v) is 6.24. The van der Waals surface area contributed by atoms with E-state index in [2.05, 4.69) is 9.47 Å². The zero-order chi connectivity index (χ0) is 20.8. The van der Waals surface area contributed by atoms with E-state index in [-0.39, 0.29) is 131 Å². The van der Waals surface area contributed by atoms with Crippen LogP contribution in [0.25, 0.3) is 0 Å². The van der Waals surface area contributed by atoms with Gasteiger partial charge in [-0.2, -0.15) is 0 Å². The van der Waals surface area contributed by atoms with Gasteiger partial charge < -0.3 is 39.3 Å². The molecular weight excluding hydrogens is 490 g/mol. The fraction of sp³-hybridized carbons (Fsp3) is 0.833. The zero-order valence-electron chi connectivity index (χ0n) is 14.3. The van der Waals surface area contributed by atoms with Crippen LogP contribution in [0.5, 0.6) is 0 Å². The van der Waals surface area contributed by atoms with Gasteiger partial charge in [-0.1, -0.05) is 26.7 Å². The van der Waals surface area contributed by atoms with Crippen LogP contribution in [0, 0.1) is 0 Å². The first-order chi connectivity index (χ1) is 11.7. The van der Waals surface area contributed by atoms with Crippen molar-refractivity contribution >= 4 is 145 Å². The first kappa shape index (κ1) is 43.2. The molecular formula is C12H28Na4O12P2. The molecule has 0 bridgehead atoms. The van der Waals surface area contributed by atoms with Crippen LogP contribution in [0.4, 0.5) is 0 Å². The molecule has 0 rings (SSSR count). The van der Waals surface area contributed by atoms with Crippen molar-refractivity contribution in [2.75, 3.05) is 13.2 Å². The van der Waals surface area contributed by atoms with Crippen molar-refractivity contribution in [2.45, 2.75) is 50.2 Å². The fourth-order valence-electron chi connectivity index (χ4n) is 1.75. The predicted octanol–water partition coefficient (Wildman–Crippen LogP) is -3.19. The average molecular weight is 518 g/mol. The molecule has 12 nitrogen and oxygen atoms in total. The van der Waals surface area contributed by atoms with Crippen molar-refractivity contribution in [3.63, 3.8) is 0 Å². The number of ether oxygens (including phenoxy) is 2. The van der Waals surface area contributed by atoms with Gasteiger partial charge >= 0.3 is 156 Å². The Kier molecular flexibility index (Phi) is 26.6. The molecule has 0 aliphatic rings.